The van der Waals surface area contributed by atoms with Gasteiger partial charge >= 0.3 is 0 Å². The molecule has 0 aliphatic heterocycles. The van der Waals surface area contributed by atoms with Crippen LogP contribution in [0.3, 0.4) is 0 Å². The van der Waals surface area contributed by atoms with Gasteiger partial charge in [0.1, 0.15) is 0 Å². The summed E-state index contributed by atoms with van der Waals surface area (Å²) in [6, 6.07) is 10.6. The Morgan fingerprint density at radius 1 is 1.16 bits per heavy atom. The minimum Gasteiger partial charge on any atom is -0.312 e. The van der Waals surface area contributed by atoms with Crippen LogP contribution in [-0.2, 0) is 6.42 Å². The maximum Gasteiger partial charge on any atom is 0.156 e. The van der Waals surface area contributed by atoms with Crippen LogP contribution in [-0.4, -0.2) is 42.6 Å². The molecule has 1 aromatic carbocycles. The van der Waals surface area contributed by atoms with Crippen LogP contribution < -0.4 is 5.32 Å². The molecule has 0 saturated heterocycles. The average molecular weight is 339 g/mol. The van der Waals surface area contributed by atoms with Gasteiger partial charge in [-0.1, -0.05) is 18.2 Å². The molecule has 0 aliphatic rings. The Hall–Kier alpha value is -2.54. The number of para-hydroxylation sites is 1. The summed E-state index contributed by atoms with van der Waals surface area (Å²) in [4.78, 5) is 0. The van der Waals surface area contributed by atoms with Crippen molar-refractivity contribution in [2.75, 3.05) is 6.54 Å². The molecule has 25 heavy (non-hydrogen) atoms. The molecule has 2 aromatic heterocycles. The number of aromatic nitrogens is 6. The van der Waals surface area contributed by atoms with Crippen molar-refractivity contribution in [1.29, 1.82) is 0 Å². The first kappa shape index (κ1) is 17.3. The predicted molar refractivity (Wildman–Crippen MR) is 96.6 cm³/mol. The van der Waals surface area contributed by atoms with Crippen LogP contribution in [0.4, 0.5) is 0 Å². The zero-order chi connectivity index (χ0) is 17.6. The molecule has 7 heteroatoms. The summed E-state index contributed by atoms with van der Waals surface area (Å²) >= 11 is 0. The molecule has 2 heterocycles. The zero-order valence-corrected chi connectivity index (χ0v) is 15.0. The zero-order valence-electron chi connectivity index (χ0n) is 15.0. The van der Waals surface area contributed by atoms with Crippen molar-refractivity contribution < 1.29 is 0 Å². The second kappa shape index (κ2) is 8.02. The fraction of sp³-hybridized carbons (Fsp3) is 0.444. The maximum atomic E-state index is 4.40. The third-order valence-corrected chi connectivity index (χ3v) is 4.45. The number of aryl methyl sites for hydroxylation is 2. The Kier molecular flexibility index (Phi) is 5.55. The van der Waals surface area contributed by atoms with E-state index in [-0.39, 0.29) is 0 Å². The molecular weight excluding hydrogens is 314 g/mol. The van der Waals surface area contributed by atoms with Crippen molar-refractivity contribution in [3.8, 4) is 5.69 Å². The molecule has 3 aromatic rings. The number of hydrogen-bond acceptors (Lipinski definition) is 5. The molecule has 0 bridgehead atoms. The van der Waals surface area contributed by atoms with Crippen LogP contribution in [0.5, 0.6) is 0 Å². The molecular formula is C18H25N7. The number of nitrogens with one attached hydrogen (secondary N) is 1. The van der Waals surface area contributed by atoms with E-state index >= 15 is 0 Å². The minimum absolute atomic E-state index is 0.309. The van der Waals surface area contributed by atoms with Gasteiger partial charge in [0.2, 0.25) is 0 Å². The van der Waals surface area contributed by atoms with Crippen LogP contribution in [0.15, 0.2) is 42.7 Å². The Bertz CT molecular complexity index is 778. The second-order valence-corrected chi connectivity index (χ2v) is 6.43. The van der Waals surface area contributed by atoms with Crippen LogP contribution in [0.2, 0.25) is 0 Å². The first-order chi connectivity index (χ1) is 12.1. The number of benzene rings is 1. The molecule has 0 aliphatic carbocycles. The van der Waals surface area contributed by atoms with Gasteiger partial charge in [-0.25, -0.2) is 0 Å². The molecule has 0 amide bonds. The minimum atomic E-state index is 0.309. The normalized spacial score (nSPS) is 13.7. The topological polar surface area (TPSA) is 73.5 Å². The van der Waals surface area contributed by atoms with Gasteiger partial charge in [0.05, 0.1) is 17.9 Å². The Morgan fingerprint density at radius 3 is 2.68 bits per heavy atom. The predicted octanol–water partition coefficient (Wildman–Crippen LogP) is 2.34. The molecule has 0 spiro atoms. The highest BCUT2D eigenvalue weighted by Crippen LogP contribution is 2.11. The fourth-order valence-corrected chi connectivity index (χ4v) is 2.76. The SMILES string of the molecule is Cc1cnn([C@H](C)[C@@H](C)NCCCc2nnnn2-c2ccccc2)c1. The molecule has 0 saturated carbocycles. The summed E-state index contributed by atoms with van der Waals surface area (Å²) in [7, 11) is 0. The molecule has 132 valence electrons. The molecule has 3 rings (SSSR count). The Labute approximate surface area is 148 Å². The summed E-state index contributed by atoms with van der Waals surface area (Å²) in [5.41, 5.74) is 2.18. The van der Waals surface area contributed by atoms with Gasteiger partial charge in [-0.3, -0.25) is 4.68 Å². The van der Waals surface area contributed by atoms with Crippen molar-refractivity contribution in [2.24, 2.45) is 0 Å². The molecule has 0 fully saturated rings. The van der Waals surface area contributed by atoms with Gasteiger partial charge in [-0.2, -0.15) is 9.78 Å². The van der Waals surface area contributed by atoms with Crippen molar-refractivity contribution >= 4 is 0 Å². The summed E-state index contributed by atoms with van der Waals surface area (Å²) in [6.07, 6.45) is 5.78. The third-order valence-electron chi connectivity index (χ3n) is 4.45. The Balaban J connectivity index is 1.48. The van der Waals surface area contributed by atoms with Crippen molar-refractivity contribution in [2.45, 2.75) is 45.7 Å². The summed E-state index contributed by atoms with van der Waals surface area (Å²) < 4.78 is 3.82. The lowest BCUT2D eigenvalue weighted by atomic mass is 10.1. The van der Waals surface area contributed by atoms with E-state index in [1.165, 1.54) is 5.56 Å². The van der Waals surface area contributed by atoms with Crippen molar-refractivity contribution in [3.63, 3.8) is 0 Å². The lowest BCUT2D eigenvalue weighted by Crippen LogP contribution is -2.34. The second-order valence-electron chi connectivity index (χ2n) is 6.43. The van der Waals surface area contributed by atoms with E-state index in [4.69, 9.17) is 0 Å². The summed E-state index contributed by atoms with van der Waals surface area (Å²) in [5.74, 6) is 0.886. The van der Waals surface area contributed by atoms with E-state index in [0.717, 1.165) is 30.9 Å². The molecule has 1 N–H and O–H groups in total. The largest absolute Gasteiger partial charge is 0.312 e. The van der Waals surface area contributed by atoms with E-state index in [9.17, 15) is 0 Å². The first-order valence-corrected chi connectivity index (χ1v) is 8.72. The third kappa shape index (κ3) is 4.30. The molecule has 2 atom stereocenters. The molecule has 7 nitrogen and oxygen atoms in total. The monoisotopic (exact) mass is 339 g/mol. The van der Waals surface area contributed by atoms with Crippen molar-refractivity contribution in [3.05, 3.63) is 54.1 Å². The molecule has 0 radical (unpaired) electrons. The number of tetrazole rings is 1. The van der Waals surface area contributed by atoms with Gasteiger partial charge in [0, 0.05) is 18.7 Å². The summed E-state index contributed by atoms with van der Waals surface area (Å²) in [5, 5.41) is 20.0. The number of nitrogens with zero attached hydrogens (tertiary/aromatic N) is 6. The highest BCUT2D eigenvalue weighted by atomic mass is 15.5. The van der Waals surface area contributed by atoms with Crippen LogP contribution in [0.25, 0.3) is 5.69 Å². The van der Waals surface area contributed by atoms with Gasteiger partial charge in [0.25, 0.3) is 0 Å². The van der Waals surface area contributed by atoms with E-state index < -0.39 is 0 Å². The Morgan fingerprint density at radius 2 is 1.96 bits per heavy atom. The first-order valence-electron chi connectivity index (χ1n) is 8.72. The lowest BCUT2D eigenvalue weighted by molar-refractivity contribution is 0.364. The van der Waals surface area contributed by atoms with E-state index in [0.29, 0.717) is 12.1 Å². The van der Waals surface area contributed by atoms with Gasteiger partial charge in [0.15, 0.2) is 5.82 Å². The summed E-state index contributed by atoms with van der Waals surface area (Å²) in [6.45, 7) is 7.34. The van der Waals surface area contributed by atoms with E-state index in [1.807, 2.05) is 41.2 Å². The van der Waals surface area contributed by atoms with Crippen LogP contribution in [0, 0.1) is 6.92 Å². The van der Waals surface area contributed by atoms with Crippen molar-refractivity contribution in [1.82, 2.24) is 35.3 Å². The lowest BCUT2D eigenvalue weighted by Gasteiger charge is -2.21. The van der Waals surface area contributed by atoms with E-state index in [2.05, 4.69) is 52.9 Å². The highest BCUT2D eigenvalue weighted by Gasteiger charge is 2.14. The van der Waals surface area contributed by atoms with Gasteiger partial charge < -0.3 is 5.32 Å². The smallest absolute Gasteiger partial charge is 0.156 e. The average Bonchev–Trinajstić information content (AvgIpc) is 3.27. The number of rotatable bonds is 8. The van der Waals surface area contributed by atoms with Gasteiger partial charge in [-0.15, -0.1) is 5.10 Å². The quantitative estimate of drug-likeness (QED) is 0.638. The highest BCUT2D eigenvalue weighted by molar-refractivity contribution is 5.30. The van der Waals surface area contributed by atoms with Crippen LogP contribution in [0.1, 0.15) is 37.7 Å². The van der Waals surface area contributed by atoms with E-state index in [1.54, 1.807) is 4.68 Å². The number of hydrogen-bond donors (Lipinski definition) is 1. The van der Waals surface area contributed by atoms with Gasteiger partial charge in [-0.05, 0) is 61.9 Å². The fourth-order valence-electron chi connectivity index (χ4n) is 2.76. The molecule has 0 unspecified atom stereocenters. The standard InChI is InChI=1S/C18H25N7/c1-14-12-20-24(13-14)16(3)15(2)19-11-7-10-18-21-22-23-25(18)17-8-5-4-6-9-17/h4-6,8-9,12-13,15-16,19H,7,10-11H2,1-3H3/t15-,16-/m1/s1. The van der Waals surface area contributed by atoms with Crippen LogP contribution >= 0.6 is 0 Å². The maximum absolute atomic E-state index is 4.40.